The number of hydrogen-bond donors (Lipinski definition) is 1. The van der Waals surface area contributed by atoms with Crippen LogP contribution in [-0.2, 0) is 0 Å². The standard InChI is InChI=1S/C12H10N4O/c1-17-11-5-3-2-4-10(11)16-12-6-9(7-13)14-8-15-12/h2-6,8H,1H3,(H,14,15,16). The molecule has 1 aromatic carbocycles. The summed E-state index contributed by atoms with van der Waals surface area (Å²) < 4.78 is 5.20. The van der Waals surface area contributed by atoms with E-state index >= 15 is 0 Å². The van der Waals surface area contributed by atoms with Crippen molar-refractivity contribution in [1.29, 1.82) is 5.26 Å². The Kier molecular flexibility index (Phi) is 3.17. The van der Waals surface area contributed by atoms with Crippen molar-refractivity contribution in [3.05, 3.63) is 42.4 Å². The molecule has 2 rings (SSSR count). The van der Waals surface area contributed by atoms with Crippen molar-refractivity contribution in [1.82, 2.24) is 9.97 Å². The Bertz CT molecular complexity index is 562. The second kappa shape index (κ2) is 4.94. The monoisotopic (exact) mass is 226 g/mol. The number of nitrogens with one attached hydrogen (secondary N) is 1. The zero-order valence-corrected chi connectivity index (χ0v) is 9.21. The van der Waals surface area contributed by atoms with Crippen LogP contribution in [0.5, 0.6) is 5.75 Å². The van der Waals surface area contributed by atoms with Gasteiger partial charge in [-0.05, 0) is 12.1 Å². The normalized spacial score (nSPS) is 9.41. The highest BCUT2D eigenvalue weighted by Crippen LogP contribution is 2.25. The summed E-state index contributed by atoms with van der Waals surface area (Å²) in [5.74, 6) is 1.27. The molecule has 1 heterocycles. The number of ether oxygens (including phenoxy) is 1. The second-order valence-electron chi connectivity index (χ2n) is 3.23. The number of rotatable bonds is 3. The van der Waals surface area contributed by atoms with Crippen LogP contribution in [0.25, 0.3) is 0 Å². The zero-order valence-electron chi connectivity index (χ0n) is 9.21. The number of para-hydroxylation sites is 2. The van der Waals surface area contributed by atoms with Crippen molar-refractivity contribution in [2.24, 2.45) is 0 Å². The first kappa shape index (κ1) is 10.9. The highest BCUT2D eigenvalue weighted by atomic mass is 16.5. The maximum Gasteiger partial charge on any atom is 0.145 e. The quantitative estimate of drug-likeness (QED) is 0.867. The molecule has 5 heteroatoms. The maximum atomic E-state index is 8.74. The summed E-state index contributed by atoms with van der Waals surface area (Å²) in [6, 6.07) is 11.0. The molecule has 0 amide bonds. The van der Waals surface area contributed by atoms with Crippen molar-refractivity contribution in [2.75, 3.05) is 12.4 Å². The Balaban J connectivity index is 2.28. The molecule has 84 valence electrons. The molecule has 2 aromatic rings. The Morgan fingerprint density at radius 3 is 2.88 bits per heavy atom. The van der Waals surface area contributed by atoms with Gasteiger partial charge in [-0.2, -0.15) is 5.26 Å². The van der Waals surface area contributed by atoms with Crippen LogP contribution < -0.4 is 10.1 Å². The Morgan fingerprint density at radius 1 is 1.29 bits per heavy atom. The number of nitrogens with zero attached hydrogens (tertiary/aromatic N) is 3. The topological polar surface area (TPSA) is 70.8 Å². The molecule has 0 saturated carbocycles. The summed E-state index contributed by atoms with van der Waals surface area (Å²) in [5, 5.41) is 11.8. The van der Waals surface area contributed by atoms with Crippen molar-refractivity contribution < 1.29 is 4.74 Å². The second-order valence-corrected chi connectivity index (χ2v) is 3.23. The molecular weight excluding hydrogens is 216 g/mol. The third-order valence-corrected chi connectivity index (χ3v) is 2.15. The number of nitriles is 1. The van der Waals surface area contributed by atoms with Crippen molar-refractivity contribution in [3.63, 3.8) is 0 Å². The van der Waals surface area contributed by atoms with Crippen LogP contribution in [0, 0.1) is 11.3 Å². The molecule has 1 aromatic heterocycles. The number of benzene rings is 1. The van der Waals surface area contributed by atoms with Crippen LogP contribution in [0.1, 0.15) is 5.69 Å². The number of aromatic nitrogens is 2. The van der Waals surface area contributed by atoms with E-state index in [0.717, 1.165) is 5.69 Å². The average molecular weight is 226 g/mol. The van der Waals surface area contributed by atoms with E-state index in [4.69, 9.17) is 10.00 Å². The van der Waals surface area contributed by atoms with Gasteiger partial charge < -0.3 is 10.1 Å². The predicted molar refractivity (Wildman–Crippen MR) is 63.0 cm³/mol. The molecule has 0 unspecified atom stereocenters. The summed E-state index contributed by atoms with van der Waals surface area (Å²) in [5.41, 5.74) is 1.11. The van der Waals surface area contributed by atoms with Crippen LogP contribution in [0.15, 0.2) is 36.7 Å². The maximum absolute atomic E-state index is 8.74. The lowest BCUT2D eigenvalue weighted by atomic mass is 10.3. The van der Waals surface area contributed by atoms with E-state index in [9.17, 15) is 0 Å². The number of hydrogen-bond acceptors (Lipinski definition) is 5. The van der Waals surface area contributed by atoms with Crippen LogP contribution in [0.4, 0.5) is 11.5 Å². The van der Waals surface area contributed by atoms with Gasteiger partial charge in [-0.3, -0.25) is 0 Å². The van der Waals surface area contributed by atoms with Gasteiger partial charge in [-0.15, -0.1) is 0 Å². The molecule has 0 fully saturated rings. The molecule has 17 heavy (non-hydrogen) atoms. The largest absolute Gasteiger partial charge is 0.495 e. The van der Waals surface area contributed by atoms with Gasteiger partial charge in [0.25, 0.3) is 0 Å². The summed E-state index contributed by atoms with van der Waals surface area (Å²) in [6.45, 7) is 0. The molecule has 1 N–H and O–H groups in total. The van der Waals surface area contributed by atoms with E-state index in [2.05, 4.69) is 15.3 Å². The predicted octanol–water partition coefficient (Wildman–Crippen LogP) is 2.10. The lowest BCUT2D eigenvalue weighted by Crippen LogP contribution is -1.97. The fourth-order valence-corrected chi connectivity index (χ4v) is 1.37. The Morgan fingerprint density at radius 2 is 2.12 bits per heavy atom. The van der Waals surface area contributed by atoms with Gasteiger partial charge in [0.05, 0.1) is 12.8 Å². The molecule has 0 spiro atoms. The lowest BCUT2D eigenvalue weighted by molar-refractivity contribution is 0.417. The third kappa shape index (κ3) is 2.49. The SMILES string of the molecule is COc1ccccc1Nc1cc(C#N)ncn1. The molecule has 0 saturated heterocycles. The number of methoxy groups -OCH3 is 1. The summed E-state index contributed by atoms with van der Waals surface area (Å²) in [4.78, 5) is 7.83. The van der Waals surface area contributed by atoms with Crippen LogP contribution in [0.2, 0.25) is 0 Å². The third-order valence-electron chi connectivity index (χ3n) is 2.15. The van der Waals surface area contributed by atoms with Gasteiger partial charge >= 0.3 is 0 Å². The van der Waals surface area contributed by atoms with Gasteiger partial charge in [-0.25, -0.2) is 9.97 Å². The van der Waals surface area contributed by atoms with E-state index < -0.39 is 0 Å². The lowest BCUT2D eigenvalue weighted by Gasteiger charge is -2.09. The molecule has 5 nitrogen and oxygen atoms in total. The van der Waals surface area contributed by atoms with Crippen molar-refractivity contribution >= 4 is 11.5 Å². The van der Waals surface area contributed by atoms with Crippen molar-refractivity contribution in [3.8, 4) is 11.8 Å². The van der Waals surface area contributed by atoms with E-state index in [1.54, 1.807) is 13.2 Å². The molecule has 0 radical (unpaired) electrons. The van der Waals surface area contributed by atoms with E-state index in [0.29, 0.717) is 17.3 Å². The van der Waals surface area contributed by atoms with E-state index in [-0.39, 0.29) is 0 Å². The first-order valence-corrected chi connectivity index (χ1v) is 4.95. The van der Waals surface area contributed by atoms with E-state index in [1.807, 2.05) is 30.3 Å². The highest BCUT2D eigenvalue weighted by Gasteiger charge is 2.03. The van der Waals surface area contributed by atoms with Crippen LogP contribution >= 0.6 is 0 Å². The molecule has 0 aliphatic heterocycles. The molecule has 0 bridgehead atoms. The first-order chi connectivity index (χ1) is 8.33. The highest BCUT2D eigenvalue weighted by molar-refractivity contribution is 5.64. The van der Waals surface area contributed by atoms with E-state index in [1.165, 1.54) is 6.33 Å². The molecule has 0 atom stereocenters. The summed E-state index contributed by atoms with van der Waals surface area (Å²) in [6.07, 6.45) is 1.34. The van der Waals surface area contributed by atoms with Gasteiger partial charge in [-0.1, -0.05) is 12.1 Å². The molecule has 0 aliphatic carbocycles. The fraction of sp³-hybridized carbons (Fsp3) is 0.0833. The molecular formula is C12H10N4O. The minimum Gasteiger partial charge on any atom is -0.495 e. The number of anilines is 2. The van der Waals surface area contributed by atoms with Gasteiger partial charge in [0.2, 0.25) is 0 Å². The molecule has 0 aliphatic rings. The van der Waals surface area contributed by atoms with Gasteiger partial charge in [0.15, 0.2) is 0 Å². The van der Waals surface area contributed by atoms with Crippen LogP contribution in [0.3, 0.4) is 0 Å². The minimum absolute atomic E-state index is 0.317. The average Bonchev–Trinajstić information content (AvgIpc) is 2.39. The first-order valence-electron chi connectivity index (χ1n) is 4.95. The van der Waals surface area contributed by atoms with Crippen molar-refractivity contribution in [2.45, 2.75) is 0 Å². The minimum atomic E-state index is 0.317. The van der Waals surface area contributed by atoms with Crippen LogP contribution in [-0.4, -0.2) is 17.1 Å². The summed E-state index contributed by atoms with van der Waals surface area (Å²) in [7, 11) is 1.60. The Hall–Kier alpha value is -2.61. The smallest absolute Gasteiger partial charge is 0.145 e. The fourth-order valence-electron chi connectivity index (χ4n) is 1.37. The summed E-state index contributed by atoms with van der Waals surface area (Å²) >= 11 is 0. The Labute approximate surface area is 98.7 Å². The zero-order chi connectivity index (χ0) is 12.1. The van der Waals surface area contributed by atoms with Gasteiger partial charge in [0.1, 0.15) is 29.7 Å². The van der Waals surface area contributed by atoms with Gasteiger partial charge in [0, 0.05) is 6.07 Å².